The van der Waals surface area contributed by atoms with E-state index < -0.39 is 34.6 Å². The van der Waals surface area contributed by atoms with Crippen LogP contribution in [0.25, 0.3) is 0 Å². The molecule has 0 saturated carbocycles. The Bertz CT molecular complexity index is 802. The maximum absolute atomic E-state index is 13.8. The number of halogens is 3. The summed E-state index contributed by atoms with van der Waals surface area (Å²) in [5, 5.41) is 1.02. The predicted octanol–water partition coefficient (Wildman–Crippen LogP) is 3.71. The molecule has 8 heteroatoms. The van der Waals surface area contributed by atoms with Crippen molar-refractivity contribution in [3.63, 3.8) is 0 Å². The number of amides is 2. The quantitative estimate of drug-likeness (QED) is 0.766. The van der Waals surface area contributed by atoms with E-state index in [1.54, 1.807) is 20.8 Å². The Balaban J connectivity index is 2.36. The summed E-state index contributed by atoms with van der Waals surface area (Å²) in [5.74, 6) is -3.64. The highest BCUT2D eigenvalue weighted by molar-refractivity contribution is 9.10. The van der Waals surface area contributed by atoms with Crippen molar-refractivity contribution in [3.8, 4) is 0 Å². The van der Waals surface area contributed by atoms with Gasteiger partial charge in [-0.15, -0.1) is 0 Å². The van der Waals surface area contributed by atoms with E-state index in [1.165, 1.54) is 18.5 Å². The van der Waals surface area contributed by atoms with Crippen molar-refractivity contribution in [2.45, 2.75) is 26.3 Å². The number of nitrogens with one attached hydrogen (secondary N) is 1. The summed E-state index contributed by atoms with van der Waals surface area (Å²) in [7, 11) is 0. The fraction of sp³-hybridized carbons (Fsp3) is 0.235. The molecule has 2 rings (SSSR count). The highest BCUT2D eigenvalue weighted by Crippen LogP contribution is 2.19. The van der Waals surface area contributed by atoms with Gasteiger partial charge in [-0.05, 0) is 54.9 Å². The fourth-order valence-corrected chi connectivity index (χ4v) is 2.42. The van der Waals surface area contributed by atoms with Gasteiger partial charge in [0.15, 0.2) is 0 Å². The van der Waals surface area contributed by atoms with Gasteiger partial charge in [0.1, 0.15) is 17.2 Å². The third-order valence-electron chi connectivity index (χ3n) is 3.23. The Hall–Kier alpha value is -2.35. The minimum Gasteiger partial charge on any atom is -0.267 e. The lowest BCUT2D eigenvalue weighted by Crippen LogP contribution is -2.56. The first-order chi connectivity index (χ1) is 11.6. The first-order valence-electron chi connectivity index (χ1n) is 7.31. The molecule has 5 nitrogen and oxygen atoms in total. The first kappa shape index (κ1) is 19.0. The molecule has 1 N–H and O–H groups in total. The van der Waals surface area contributed by atoms with Crippen LogP contribution in [-0.4, -0.2) is 27.3 Å². The van der Waals surface area contributed by atoms with Gasteiger partial charge in [-0.1, -0.05) is 6.07 Å². The molecule has 0 saturated heterocycles. The highest BCUT2D eigenvalue weighted by Gasteiger charge is 2.31. The van der Waals surface area contributed by atoms with Crippen LogP contribution in [0.2, 0.25) is 0 Å². The monoisotopic (exact) mass is 411 g/mol. The second-order valence-electron chi connectivity index (χ2n) is 6.24. The predicted molar refractivity (Wildman–Crippen MR) is 91.7 cm³/mol. The van der Waals surface area contributed by atoms with Crippen LogP contribution in [0, 0.1) is 11.6 Å². The van der Waals surface area contributed by atoms with Crippen molar-refractivity contribution in [1.82, 2.24) is 15.4 Å². The molecule has 0 aliphatic rings. The van der Waals surface area contributed by atoms with E-state index in [4.69, 9.17) is 0 Å². The van der Waals surface area contributed by atoms with Crippen molar-refractivity contribution in [2.24, 2.45) is 0 Å². The molecule has 0 radical (unpaired) electrons. The number of hydrazine groups is 1. The molecule has 132 valence electrons. The standard InChI is InChI=1S/C17H16BrF2N3O2/c1-17(2,3)23(16(25)10-7-11(18)9-21-8-10)22-15(24)14-12(19)5-4-6-13(14)20/h4-9H,1-3H3,(H,22,24). The lowest BCUT2D eigenvalue weighted by Gasteiger charge is -2.35. The number of hydrogen-bond donors (Lipinski definition) is 1. The summed E-state index contributed by atoms with van der Waals surface area (Å²) in [6.45, 7) is 5.02. The molecule has 0 fully saturated rings. The third-order valence-corrected chi connectivity index (χ3v) is 3.66. The first-order valence-corrected chi connectivity index (χ1v) is 8.10. The molecule has 0 atom stereocenters. The fourth-order valence-electron chi connectivity index (χ4n) is 2.05. The van der Waals surface area contributed by atoms with E-state index in [-0.39, 0.29) is 5.56 Å². The van der Waals surface area contributed by atoms with Gasteiger partial charge in [-0.3, -0.25) is 20.0 Å². The molecule has 0 aliphatic heterocycles. The topological polar surface area (TPSA) is 62.3 Å². The lowest BCUT2D eigenvalue weighted by molar-refractivity contribution is 0.0355. The number of carbonyl (C=O) groups is 2. The number of nitrogens with zero attached hydrogens (tertiary/aromatic N) is 2. The summed E-state index contributed by atoms with van der Waals surface area (Å²) >= 11 is 3.22. The molecule has 1 aromatic heterocycles. The molecule has 25 heavy (non-hydrogen) atoms. The molecule has 1 heterocycles. The van der Waals surface area contributed by atoms with Crippen molar-refractivity contribution in [1.29, 1.82) is 0 Å². The van der Waals surface area contributed by atoms with Crippen molar-refractivity contribution < 1.29 is 18.4 Å². The normalized spacial score (nSPS) is 11.1. The van der Waals surface area contributed by atoms with Crippen molar-refractivity contribution in [2.75, 3.05) is 0 Å². The minimum absolute atomic E-state index is 0.207. The van der Waals surface area contributed by atoms with Gasteiger partial charge in [0.2, 0.25) is 0 Å². The molecule has 1 aromatic carbocycles. The van der Waals surface area contributed by atoms with E-state index in [1.807, 2.05) is 0 Å². The molecule has 0 aliphatic carbocycles. The Labute approximate surface area is 152 Å². The summed E-state index contributed by atoms with van der Waals surface area (Å²) in [5.41, 5.74) is 0.898. The van der Waals surface area contributed by atoms with Gasteiger partial charge in [0, 0.05) is 16.9 Å². The van der Waals surface area contributed by atoms with Crippen molar-refractivity contribution >= 4 is 27.7 Å². The second kappa shape index (κ2) is 7.26. The molecule has 2 aromatic rings. The van der Waals surface area contributed by atoms with E-state index in [2.05, 4.69) is 26.3 Å². The molecule has 0 spiro atoms. The molecule has 0 unspecified atom stereocenters. The number of benzene rings is 1. The van der Waals surface area contributed by atoms with E-state index in [0.717, 1.165) is 23.2 Å². The minimum atomic E-state index is -1.05. The zero-order valence-electron chi connectivity index (χ0n) is 13.8. The SMILES string of the molecule is CC(C)(C)N(NC(=O)c1c(F)cccc1F)C(=O)c1cncc(Br)c1. The second-order valence-corrected chi connectivity index (χ2v) is 7.16. The third kappa shape index (κ3) is 4.39. The lowest BCUT2D eigenvalue weighted by atomic mass is 10.1. The zero-order chi connectivity index (χ0) is 18.8. The van der Waals surface area contributed by atoms with Gasteiger partial charge in [-0.2, -0.15) is 0 Å². The van der Waals surface area contributed by atoms with Crippen LogP contribution in [0.15, 0.2) is 41.1 Å². The zero-order valence-corrected chi connectivity index (χ0v) is 15.4. The number of aromatic nitrogens is 1. The van der Waals surface area contributed by atoms with Crippen LogP contribution in [0.3, 0.4) is 0 Å². The number of rotatable bonds is 2. The van der Waals surface area contributed by atoms with Gasteiger partial charge in [0.25, 0.3) is 11.8 Å². The number of pyridine rings is 1. The summed E-state index contributed by atoms with van der Waals surface area (Å²) in [6, 6.07) is 4.63. The molecule has 2 amide bonds. The highest BCUT2D eigenvalue weighted by atomic mass is 79.9. The van der Waals surface area contributed by atoms with Gasteiger partial charge in [0.05, 0.1) is 11.1 Å². The number of hydrogen-bond acceptors (Lipinski definition) is 3. The van der Waals surface area contributed by atoms with Gasteiger partial charge >= 0.3 is 0 Å². The Morgan fingerprint density at radius 3 is 2.28 bits per heavy atom. The average Bonchev–Trinajstić information content (AvgIpc) is 2.50. The average molecular weight is 412 g/mol. The maximum Gasteiger partial charge on any atom is 0.275 e. The Morgan fingerprint density at radius 1 is 1.16 bits per heavy atom. The van der Waals surface area contributed by atoms with E-state index in [9.17, 15) is 18.4 Å². The molecular weight excluding hydrogens is 396 g/mol. The summed E-state index contributed by atoms with van der Waals surface area (Å²) in [4.78, 5) is 29.0. The molecular formula is C17H16BrF2N3O2. The maximum atomic E-state index is 13.8. The van der Waals surface area contributed by atoms with E-state index >= 15 is 0 Å². The van der Waals surface area contributed by atoms with Crippen LogP contribution >= 0.6 is 15.9 Å². The van der Waals surface area contributed by atoms with E-state index in [0.29, 0.717) is 4.47 Å². The largest absolute Gasteiger partial charge is 0.275 e. The smallest absolute Gasteiger partial charge is 0.267 e. The Morgan fingerprint density at radius 2 is 1.76 bits per heavy atom. The Kier molecular flexibility index (Phi) is 5.52. The van der Waals surface area contributed by atoms with Gasteiger partial charge < -0.3 is 0 Å². The van der Waals surface area contributed by atoms with Crippen LogP contribution < -0.4 is 5.43 Å². The van der Waals surface area contributed by atoms with Crippen molar-refractivity contribution in [3.05, 3.63) is 63.9 Å². The van der Waals surface area contributed by atoms with Crippen LogP contribution in [0.1, 0.15) is 41.5 Å². The van der Waals surface area contributed by atoms with Crippen LogP contribution in [-0.2, 0) is 0 Å². The van der Waals surface area contributed by atoms with Crippen LogP contribution in [0.4, 0.5) is 8.78 Å². The number of carbonyl (C=O) groups excluding carboxylic acids is 2. The van der Waals surface area contributed by atoms with Gasteiger partial charge in [-0.25, -0.2) is 13.8 Å². The summed E-state index contributed by atoms with van der Waals surface area (Å²) in [6.07, 6.45) is 2.84. The van der Waals surface area contributed by atoms with Crippen LogP contribution in [0.5, 0.6) is 0 Å². The summed E-state index contributed by atoms with van der Waals surface area (Å²) < 4.78 is 28.2. The molecule has 0 bridgehead atoms.